The number of halogens is 1. The number of carbonyl (C=O) groups is 1. The van der Waals surface area contributed by atoms with Crippen molar-refractivity contribution in [3.05, 3.63) is 29.8 Å². The molecule has 1 aromatic rings. The molecule has 1 amide bonds. The van der Waals surface area contributed by atoms with E-state index in [0.717, 1.165) is 32.2 Å². The molecule has 0 radical (unpaired) electrons. The number of likely N-dealkylation sites (tertiary alicyclic amines) is 1. The molecule has 1 unspecified atom stereocenters. The molecule has 4 heteroatoms. The molecule has 0 N–H and O–H groups in total. The van der Waals surface area contributed by atoms with Gasteiger partial charge in [-0.15, -0.1) is 0 Å². The Labute approximate surface area is 101 Å². The molecule has 2 rings (SSSR count). The summed E-state index contributed by atoms with van der Waals surface area (Å²) in [5.74, 6) is -0.753. The van der Waals surface area contributed by atoms with E-state index in [9.17, 15) is 9.18 Å². The minimum absolute atomic E-state index is 0.154. The maximum absolute atomic E-state index is 13.0. The van der Waals surface area contributed by atoms with E-state index in [1.807, 2.05) is 11.8 Å². The third kappa shape index (κ3) is 2.81. The molecular formula is C13H17FN2O. The molecule has 17 heavy (non-hydrogen) atoms. The average Bonchev–Trinajstić information content (AvgIpc) is 2.53. The van der Waals surface area contributed by atoms with Gasteiger partial charge in [0.05, 0.1) is 0 Å². The number of amides is 1. The van der Waals surface area contributed by atoms with Gasteiger partial charge >= 0.3 is 0 Å². The molecule has 1 aliphatic rings. The van der Waals surface area contributed by atoms with Crippen LogP contribution >= 0.6 is 0 Å². The second kappa shape index (κ2) is 5.25. The van der Waals surface area contributed by atoms with Gasteiger partial charge in [-0.2, -0.15) is 4.39 Å². The van der Waals surface area contributed by atoms with Gasteiger partial charge in [0.15, 0.2) is 0 Å². The van der Waals surface area contributed by atoms with Crippen LogP contribution in [-0.4, -0.2) is 28.4 Å². The van der Waals surface area contributed by atoms with E-state index in [1.165, 1.54) is 12.1 Å². The Kier molecular flexibility index (Phi) is 3.71. The molecule has 1 fully saturated rings. The second-order valence-electron chi connectivity index (χ2n) is 4.54. The predicted molar refractivity (Wildman–Crippen MR) is 63.2 cm³/mol. The largest absolute Gasteiger partial charge is 0.335 e. The maximum Gasteiger partial charge on any atom is 0.272 e. The lowest BCUT2D eigenvalue weighted by Gasteiger charge is -2.26. The Morgan fingerprint density at radius 3 is 3.00 bits per heavy atom. The lowest BCUT2D eigenvalue weighted by atomic mass is 10.1. The first-order valence-electron chi connectivity index (χ1n) is 6.12. The van der Waals surface area contributed by atoms with Crippen LogP contribution in [-0.2, 0) is 0 Å². The number of rotatable bonds is 1. The van der Waals surface area contributed by atoms with Crippen LogP contribution in [0.5, 0.6) is 0 Å². The highest BCUT2D eigenvalue weighted by molar-refractivity contribution is 5.92. The lowest BCUT2D eigenvalue weighted by molar-refractivity contribution is 0.0690. The van der Waals surface area contributed by atoms with Crippen molar-refractivity contribution in [2.45, 2.75) is 38.6 Å². The van der Waals surface area contributed by atoms with E-state index < -0.39 is 5.95 Å². The summed E-state index contributed by atoms with van der Waals surface area (Å²) in [6.07, 6.45) is 4.35. The molecule has 0 aromatic carbocycles. The van der Waals surface area contributed by atoms with Crippen molar-refractivity contribution < 1.29 is 9.18 Å². The molecule has 1 aliphatic heterocycles. The summed E-state index contributed by atoms with van der Waals surface area (Å²) >= 11 is 0. The molecule has 2 heterocycles. The van der Waals surface area contributed by atoms with E-state index >= 15 is 0 Å². The molecule has 0 saturated carbocycles. The van der Waals surface area contributed by atoms with Crippen molar-refractivity contribution in [3.63, 3.8) is 0 Å². The van der Waals surface area contributed by atoms with Crippen LogP contribution < -0.4 is 0 Å². The summed E-state index contributed by atoms with van der Waals surface area (Å²) < 4.78 is 13.0. The van der Waals surface area contributed by atoms with Gasteiger partial charge in [0, 0.05) is 12.6 Å². The SMILES string of the molecule is CC1CCCCCN1C(=O)c1cccc(F)n1. The van der Waals surface area contributed by atoms with Crippen molar-refractivity contribution in [2.24, 2.45) is 0 Å². The standard InChI is InChI=1S/C13H17FN2O/c1-10-6-3-2-4-9-16(10)13(17)11-7-5-8-12(14)15-11/h5,7-8,10H,2-4,6,9H2,1H3. The van der Waals surface area contributed by atoms with Crippen LogP contribution in [0, 0.1) is 5.95 Å². The Morgan fingerprint density at radius 2 is 2.24 bits per heavy atom. The zero-order valence-electron chi connectivity index (χ0n) is 10.0. The van der Waals surface area contributed by atoms with E-state index in [0.29, 0.717) is 0 Å². The van der Waals surface area contributed by atoms with Gasteiger partial charge in [-0.25, -0.2) is 4.98 Å². The van der Waals surface area contributed by atoms with Crippen molar-refractivity contribution in [2.75, 3.05) is 6.54 Å². The zero-order valence-corrected chi connectivity index (χ0v) is 10.0. The van der Waals surface area contributed by atoms with Crippen molar-refractivity contribution >= 4 is 5.91 Å². The fourth-order valence-corrected chi connectivity index (χ4v) is 2.25. The fourth-order valence-electron chi connectivity index (χ4n) is 2.25. The maximum atomic E-state index is 13.0. The van der Waals surface area contributed by atoms with Gasteiger partial charge in [-0.3, -0.25) is 4.79 Å². The average molecular weight is 236 g/mol. The first-order valence-corrected chi connectivity index (χ1v) is 6.12. The topological polar surface area (TPSA) is 33.2 Å². The minimum atomic E-state index is -0.599. The van der Waals surface area contributed by atoms with E-state index in [2.05, 4.69) is 4.98 Å². The highest BCUT2D eigenvalue weighted by Gasteiger charge is 2.23. The third-order valence-corrected chi connectivity index (χ3v) is 3.25. The van der Waals surface area contributed by atoms with Gasteiger partial charge in [0.1, 0.15) is 5.69 Å². The first kappa shape index (κ1) is 12.0. The highest BCUT2D eigenvalue weighted by atomic mass is 19.1. The van der Waals surface area contributed by atoms with E-state index in [-0.39, 0.29) is 17.6 Å². The summed E-state index contributed by atoms with van der Waals surface area (Å²) in [5.41, 5.74) is 0.207. The number of hydrogen-bond donors (Lipinski definition) is 0. The lowest BCUT2D eigenvalue weighted by Crippen LogP contribution is -2.38. The number of nitrogens with zero attached hydrogens (tertiary/aromatic N) is 2. The summed E-state index contributed by atoms with van der Waals surface area (Å²) in [6, 6.07) is 4.57. The fraction of sp³-hybridized carbons (Fsp3) is 0.538. The normalized spacial score (nSPS) is 21.1. The Hall–Kier alpha value is -1.45. The molecule has 1 atom stereocenters. The molecule has 1 aromatic heterocycles. The summed E-state index contributed by atoms with van der Waals surface area (Å²) in [4.78, 5) is 17.7. The summed E-state index contributed by atoms with van der Waals surface area (Å²) in [6.45, 7) is 2.79. The van der Waals surface area contributed by atoms with Crippen LogP contribution in [0.3, 0.4) is 0 Å². The summed E-state index contributed by atoms with van der Waals surface area (Å²) in [5, 5.41) is 0. The number of aromatic nitrogens is 1. The van der Waals surface area contributed by atoms with E-state index in [1.54, 1.807) is 6.07 Å². The summed E-state index contributed by atoms with van der Waals surface area (Å²) in [7, 11) is 0. The van der Waals surface area contributed by atoms with Gasteiger partial charge in [-0.05, 0) is 31.9 Å². The molecule has 1 saturated heterocycles. The minimum Gasteiger partial charge on any atom is -0.335 e. The van der Waals surface area contributed by atoms with Crippen molar-refractivity contribution in [1.82, 2.24) is 9.88 Å². The second-order valence-corrected chi connectivity index (χ2v) is 4.54. The monoisotopic (exact) mass is 236 g/mol. The van der Waals surface area contributed by atoms with Gasteiger partial charge in [-0.1, -0.05) is 18.9 Å². The van der Waals surface area contributed by atoms with Gasteiger partial charge in [0.2, 0.25) is 5.95 Å². The number of hydrogen-bond acceptors (Lipinski definition) is 2. The van der Waals surface area contributed by atoms with Crippen LogP contribution in [0.4, 0.5) is 4.39 Å². The van der Waals surface area contributed by atoms with Crippen molar-refractivity contribution in [1.29, 1.82) is 0 Å². The third-order valence-electron chi connectivity index (χ3n) is 3.25. The molecule has 0 bridgehead atoms. The van der Waals surface area contributed by atoms with Gasteiger partial charge < -0.3 is 4.90 Å². The molecule has 92 valence electrons. The van der Waals surface area contributed by atoms with Crippen LogP contribution in [0.2, 0.25) is 0 Å². The molecule has 3 nitrogen and oxygen atoms in total. The molecule has 0 aliphatic carbocycles. The predicted octanol–water partition coefficient (Wildman–Crippen LogP) is 2.63. The molecule has 0 spiro atoms. The zero-order chi connectivity index (χ0) is 12.3. The van der Waals surface area contributed by atoms with Crippen LogP contribution in [0.15, 0.2) is 18.2 Å². The van der Waals surface area contributed by atoms with Gasteiger partial charge in [0.25, 0.3) is 5.91 Å². The van der Waals surface area contributed by atoms with Crippen molar-refractivity contribution in [3.8, 4) is 0 Å². The Bertz CT molecular complexity index is 408. The highest BCUT2D eigenvalue weighted by Crippen LogP contribution is 2.18. The van der Waals surface area contributed by atoms with E-state index in [4.69, 9.17) is 0 Å². The molecular weight excluding hydrogens is 219 g/mol. The smallest absolute Gasteiger partial charge is 0.272 e. The number of pyridine rings is 1. The Morgan fingerprint density at radius 1 is 1.41 bits per heavy atom. The first-order chi connectivity index (χ1) is 8.18. The Balaban J connectivity index is 2.18. The number of carbonyl (C=O) groups excluding carboxylic acids is 1. The van der Waals surface area contributed by atoms with Crippen LogP contribution in [0.1, 0.15) is 43.1 Å². The van der Waals surface area contributed by atoms with Crippen LogP contribution in [0.25, 0.3) is 0 Å². The quantitative estimate of drug-likeness (QED) is 0.702.